The molecule has 2 heterocycles. The van der Waals surface area contributed by atoms with E-state index >= 15 is 0 Å². The maximum Gasteiger partial charge on any atom is 0.417 e. The molecule has 31 heavy (non-hydrogen) atoms. The zero-order chi connectivity index (χ0) is 22.6. The van der Waals surface area contributed by atoms with Crippen LogP contribution in [-0.2, 0) is 11.0 Å². The van der Waals surface area contributed by atoms with E-state index in [0.29, 0.717) is 32.0 Å². The van der Waals surface area contributed by atoms with Crippen LogP contribution < -0.4 is 15.5 Å². The van der Waals surface area contributed by atoms with Crippen LogP contribution >= 0.6 is 11.6 Å². The second kappa shape index (κ2) is 10.0. The third-order valence-corrected chi connectivity index (χ3v) is 6.15. The molecule has 0 spiro atoms. The van der Waals surface area contributed by atoms with Crippen LogP contribution in [0.25, 0.3) is 0 Å². The second-order valence-corrected chi connectivity index (χ2v) is 8.43. The molecule has 0 radical (unpaired) electrons. The number of imide groups is 1. The molecule has 2 fully saturated rings. The fourth-order valence-corrected chi connectivity index (χ4v) is 4.28. The number of alkyl halides is 3. The molecule has 11 heteroatoms. The highest BCUT2D eigenvalue weighted by molar-refractivity contribution is 6.33. The molecule has 0 aromatic carbocycles. The molecule has 7 nitrogen and oxygen atoms in total. The van der Waals surface area contributed by atoms with Crippen molar-refractivity contribution in [1.29, 1.82) is 0 Å². The van der Waals surface area contributed by atoms with Crippen LogP contribution in [0.5, 0.6) is 0 Å². The van der Waals surface area contributed by atoms with Gasteiger partial charge in [0.1, 0.15) is 5.82 Å². The number of urea groups is 1. The van der Waals surface area contributed by atoms with Gasteiger partial charge < -0.3 is 10.2 Å². The molecule has 2 aliphatic rings. The molecule has 1 atom stereocenters. The van der Waals surface area contributed by atoms with Crippen molar-refractivity contribution in [2.24, 2.45) is 0 Å². The van der Waals surface area contributed by atoms with Crippen molar-refractivity contribution < 1.29 is 22.8 Å². The second-order valence-electron chi connectivity index (χ2n) is 8.02. The quantitative estimate of drug-likeness (QED) is 0.718. The predicted molar refractivity (Wildman–Crippen MR) is 111 cm³/mol. The maximum atomic E-state index is 12.8. The van der Waals surface area contributed by atoms with Crippen molar-refractivity contribution in [3.63, 3.8) is 0 Å². The van der Waals surface area contributed by atoms with Gasteiger partial charge in [0.25, 0.3) is 0 Å². The Bertz CT molecular complexity index is 794. The minimum absolute atomic E-state index is 0.0616. The Kier molecular flexibility index (Phi) is 7.64. The summed E-state index contributed by atoms with van der Waals surface area (Å²) in [6, 6.07) is -0.00290. The van der Waals surface area contributed by atoms with Crippen molar-refractivity contribution in [1.82, 2.24) is 20.5 Å². The summed E-state index contributed by atoms with van der Waals surface area (Å²) < 4.78 is 38.4. The average molecular weight is 462 g/mol. The summed E-state index contributed by atoms with van der Waals surface area (Å²) in [5.41, 5.74) is -0.892. The van der Waals surface area contributed by atoms with Crippen LogP contribution in [0.2, 0.25) is 5.02 Å². The SMILES string of the molecule is CC(C(=O)NC(=O)NC1CCCCC1)N1CCN(c2ncc(C(F)(F)F)cc2Cl)CC1. The number of nitrogens with zero attached hydrogens (tertiary/aromatic N) is 3. The van der Waals surface area contributed by atoms with Crippen LogP contribution in [0.15, 0.2) is 12.3 Å². The molecule has 3 rings (SSSR count). The van der Waals surface area contributed by atoms with E-state index in [9.17, 15) is 22.8 Å². The molecule has 172 valence electrons. The number of hydrogen-bond acceptors (Lipinski definition) is 5. The van der Waals surface area contributed by atoms with Gasteiger partial charge >= 0.3 is 12.2 Å². The Balaban J connectivity index is 1.49. The Morgan fingerprint density at radius 1 is 1.16 bits per heavy atom. The number of rotatable bonds is 4. The first kappa shape index (κ1) is 23.6. The van der Waals surface area contributed by atoms with Crippen LogP contribution in [0.1, 0.15) is 44.6 Å². The number of nitrogens with one attached hydrogen (secondary N) is 2. The van der Waals surface area contributed by atoms with Gasteiger partial charge in [-0.05, 0) is 25.8 Å². The highest BCUT2D eigenvalue weighted by atomic mass is 35.5. The van der Waals surface area contributed by atoms with Crippen molar-refractivity contribution in [3.05, 3.63) is 22.8 Å². The zero-order valence-corrected chi connectivity index (χ0v) is 18.1. The van der Waals surface area contributed by atoms with E-state index < -0.39 is 23.8 Å². The first-order chi connectivity index (χ1) is 14.6. The maximum absolute atomic E-state index is 12.8. The van der Waals surface area contributed by atoms with Gasteiger partial charge in [-0.25, -0.2) is 9.78 Å². The van der Waals surface area contributed by atoms with E-state index in [1.807, 2.05) is 4.90 Å². The highest BCUT2D eigenvalue weighted by Crippen LogP contribution is 2.33. The Hall–Kier alpha value is -2.07. The first-order valence-corrected chi connectivity index (χ1v) is 10.9. The fraction of sp³-hybridized carbons (Fsp3) is 0.650. The van der Waals surface area contributed by atoms with Crippen LogP contribution in [0, 0.1) is 0 Å². The average Bonchev–Trinajstić information content (AvgIpc) is 2.73. The standard InChI is InChI=1S/C20H27ClF3N5O2/c1-13(18(30)27-19(31)26-15-5-3-2-4-6-15)28-7-9-29(10-8-28)17-16(21)11-14(12-25-17)20(22,23)24/h11-13,15H,2-10H2,1H3,(H2,26,27,30,31). The molecule has 3 amide bonds. The number of anilines is 1. The van der Waals surface area contributed by atoms with E-state index in [0.717, 1.165) is 37.9 Å². The van der Waals surface area contributed by atoms with Gasteiger partial charge in [0.2, 0.25) is 5.91 Å². The molecule has 1 unspecified atom stereocenters. The van der Waals surface area contributed by atoms with Gasteiger partial charge in [-0.1, -0.05) is 30.9 Å². The van der Waals surface area contributed by atoms with E-state index in [2.05, 4.69) is 15.6 Å². The molecule has 1 aromatic heterocycles. The van der Waals surface area contributed by atoms with E-state index in [4.69, 9.17) is 11.6 Å². The lowest BCUT2D eigenvalue weighted by Gasteiger charge is -2.38. The first-order valence-electron chi connectivity index (χ1n) is 10.5. The molecule has 1 aliphatic carbocycles. The number of amides is 3. The van der Waals surface area contributed by atoms with Gasteiger partial charge in [0.15, 0.2) is 0 Å². The van der Waals surface area contributed by atoms with Gasteiger partial charge in [0.05, 0.1) is 16.6 Å². The lowest BCUT2D eigenvalue weighted by atomic mass is 9.96. The summed E-state index contributed by atoms with van der Waals surface area (Å²) in [6.07, 6.45) is 1.47. The Morgan fingerprint density at radius 3 is 2.39 bits per heavy atom. The molecule has 1 saturated heterocycles. The number of carbonyl (C=O) groups excluding carboxylic acids is 2. The van der Waals surface area contributed by atoms with Crippen molar-refractivity contribution in [2.75, 3.05) is 31.1 Å². The molecule has 1 aromatic rings. The van der Waals surface area contributed by atoms with E-state index in [-0.39, 0.29) is 17.0 Å². The summed E-state index contributed by atoms with van der Waals surface area (Å²) in [7, 11) is 0. The van der Waals surface area contributed by atoms with Gasteiger partial charge in [0, 0.05) is 38.4 Å². The van der Waals surface area contributed by atoms with Gasteiger partial charge in [-0.3, -0.25) is 15.0 Å². The number of halogens is 4. The minimum atomic E-state index is -4.50. The monoisotopic (exact) mass is 461 g/mol. The predicted octanol–water partition coefficient (Wildman–Crippen LogP) is 3.42. The van der Waals surface area contributed by atoms with Crippen molar-refractivity contribution >= 4 is 29.4 Å². The third kappa shape index (κ3) is 6.22. The fourth-order valence-electron chi connectivity index (χ4n) is 3.99. The van der Waals surface area contributed by atoms with Crippen LogP contribution in [0.4, 0.5) is 23.8 Å². The van der Waals surface area contributed by atoms with Crippen LogP contribution in [-0.4, -0.2) is 60.1 Å². The molecule has 2 N–H and O–H groups in total. The van der Waals surface area contributed by atoms with E-state index in [1.165, 1.54) is 6.42 Å². The highest BCUT2D eigenvalue weighted by Gasteiger charge is 2.33. The smallest absolute Gasteiger partial charge is 0.353 e. The minimum Gasteiger partial charge on any atom is -0.353 e. The topological polar surface area (TPSA) is 77.6 Å². The molecule has 0 bridgehead atoms. The lowest BCUT2D eigenvalue weighted by molar-refractivity contribution is -0.137. The van der Waals surface area contributed by atoms with E-state index in [1.54, 1.807) is 11.8 Å². The normalized spacial score (nSPS) is 19.7. The largest absolute Gasteiger partial charge is 0.417 e. The van der Waals surface area contributed by atoms with Crippen molar-refractivity contribution in [2.45, 2.75) is 57.3 Å². The molecule has 1 saturated carbocycles. The summed E-state index contributed by atoms with van der Waals surface area (Å²) in [5, 5.41) is 5.21. The molecular formula is C20H27ClF3N5O2. The number of piperazine rings is 1. The summed E-state index contributed by atoms with van der Waals surface area (Å²) in [5.74, 6) is -0.0919. The Morgan fingerprint density at radius 2 is 1.81 bits per heavy atom. The summed E-state index contributed by atoms with van der Waals surface area (Å²) in [6.45, 7) is 3.59. The van der Waals surface area contributed by atoms with Gasteiger partial charge in [-0.2, -0.15) is 13.2 Å². The van der Waals surface area contributed by atoms with Crippen LogP contribution in [0.3, 0.4) is 0 Å². The number of hydrogen-bond donors (Lipinski definition) is 2. The third-order valence-electron chi connectivity index (χ3n) is 5.87. The molecule has 1 aliphatic heterocycles. The lowest BCUT2D eigenvalue weighted by Crippen LogP contribution is -2.56. The number of carbonyl (C=O) groups is 2. The summed E-state index contributed by atoms with van der Waals surface area (Å²) >= 11 is 6.03. The number of pyridine rings is 1. The molecular weight excluding hydrogens is 435 g/mol. The Labute approximate surface area is 184 Å². The summed E-state index contributed by atoms with van der Waals surface area (Å²) in [4.78, 5) is 32.2. The number of aromatic nitrogens is 1. The van der Waals surface area contributed by atoms with Crippen molar-refractivity contribution in [3.8, 4) is 0 Å². The zero-order valence-electron chi connectivity index (χ0n) is 17.3. The van der Waals surface area contributed by atoms with Gasteiger partial charge in [-0.15, -0.1) is 0 Å².